The van der Waals surface area contributed by atoms with E-state index in [4.69, 9.17) is 9.47 Å². The summed E-state index contributed by atoms with van der Waals surface area (Å²) in [7, 11) is 0. The first-order valence-electron chi connectivity index (χ1n) is 8.06. The van der Waals surface area contributed by atoms with Gasteiger partial charge in [-0.1, -0.05) is 19.1 Å². The van der Waals surface area contributed by atoms with Crippen LogP contribution in [0, 0.1) is 0 Å². The van der Waals surface area contributed by atoms with Crippen LogP contribution in [0.1, 0.15) is 27.2 Å². The molecule has 0 amide bonds. The highest BCUT2D eigenvalue weighted by Crippen LogP contribution is 2.26. The topological polar surface area (TPSA) is 33.7 Å². The molecule has 1 fully saturated rings. The first-order valence-corrected chi connectivity index (χ1v) is 8.06. The molecule has 2 atom stereocenters. The van der Waals surface area contributed by atoms with Gasteiger partial charge >= 0.3 is 0 Å². The van der Waals surface area contributed by atoms with Gasteiger partial charge in [0.2, 0.25) is 0 Å². The van der Waals surface area contributed by atoms with E-state index >= 15 is 0 Å². The van der Waals surface area contributed by atoms with E-state index in [9.17, 15) is 0 Å². The predicted octanol–water partition coefficient (Wildman–Crippen LogP) is 2.54. The normalized spacial score (nSPS) is 23.0. The molecule has 1 saturated heterocycles. The molecule has 1 heterocycles. The summed E-state index contributed by atoms with van der Waals surface area (Å²) >= 11 is 0. The van der Waals surface area contributed by atoms with Crippen molar-refractivity contribution in [2.45, 2.75) is 39.3 Å². The second-order valence-corrected chi connectivity index (χ2v) is 5.59. The lowest BCUT2D eigenvalue weighted by Crippen LogP contribution is -2.56. The smallest absolute Gasteiger partial charge is 0.161 e. The summed E-state index contributed by atoms with van der Waals surface area (Å²) in [6.07, 6.45) is 1.18. The van der Waals surface area contributed by atoms with Crippen LogP contribution in [0.5, 0.6) is 11.5 Å². The Morgan fingerprint density at radius 3 is 2.57 bits per heavy atom. The fourth-order valence-electron chi connectivity index (χ4n) is 2.83. The van der Waals surface area contributed by atoms with Crippen LogP contribution >= 0.6 is 0 Å². The third-order valence-corrected chi connectivity index (χ3v) is 3.98. The number of hydrogen-bond acceptors (Lipinski definition) is 4. The quantitative estimate of drug-likeness (QED) is 0.837. The minimum atomic E-state index is 0.559. The number of nitrogens with zero attached hydrogens (tertiary/aromatic N) is 1. The Balaban J connectivity index is 1.85. The third kappa shape index (κ3) is 4.61. The first kappa shape index (κ1) is 16.1. The highest BCUT2D eigenvalue weighted by atomic mass is 16.5. The molecule has 0 saturated carbocycles. The second kappa shape index (κ2) is 8.25. The number of hydrogen-bond donors (Lipinski definition) is 1. The van der Waals surface area contributed by atoms with Gasteiger partial charge in [-0.15, -0.1) is 0 Å². The van der Waals surface area contributed by atoms with E-state index in [1.165, 1.54) is 6.42 Å². The number of para-hydroxylation sites is 2. The standard InChI is InChI=1S/C17H28N2O2/c1-4-15-12-18-14(3)13-19(15)10-11-21-17-9-7-6-8-16(17)20-5-2/h6-9,14-15,18H,4-5,10-13H2,1-3H3. The SMILES string of the molecule is CCOc1ccccc1OCCN1CC(C)NCC1CC. The maximum Gasteiger partial charge on any atom is 0.161 e. The molecule has 1 aromatic carbocycles. The number of piperazine rings is 1. The molecule has 4 nitrogen and oxygen atoms in total. The summed E-state index contributed by atoms with van der Waals surface area (Å²) in [6, 6.07) is 9.07. The van der Waals surface area contributed by atoms with Gasteiger partial charge in [0.15, 0.2) is 11.5 Å². The molecule has 2 rings (SSSR count). The second-order valence-electron chi connectivity index (χ2n) is 5.59. The Morgan fingerprint density at radius 1 is 1.19 bits per heavy atom. The Labute approximate surface area is 128 Å². The summed E-state index contributed by atoms with van der Waals surface area (Å²) in [5, 5.41) is 3.54. The minimum absolute atomic E-state index is 0.559. The number of rotatable bonds is 7. The van der Waals surface area contributed by atoms with Crippen molar-refractivity contribution in [1.29, 1.82) is 0 Å². The van der Waals surface area contributed by atoms with Crippen LogP contribution in [0.3, 0.4) is 0 Å². The zero-order valence-electron chi connectivity index (χ0n) is 13.5. The van der Waals surface area contributed by atoms with Crippen LogP contribution in [-0.2, 0) is 0 Å². The van der Waals surface area contributed by atoms with Crippen molar-refractivity contribution < 1.29 is 9.47 Å². The van der Waals surface area contributed by atoms with Crippen LogP contribution in [0.2, 0.25) is 0 Å². The molecular formula is C17H28N2O2. The van der Waals surface area contributed by atoms with E-state index in [1.54, 1.807) is 0 Å². The lowest BCUT2D eigenvalue weighted by Gasteiger charge is -2.38. The summed E-state index contributed by atoms with van der Waals surface area (Å²) in [4.78, 5) is 2.53. The maximum absolute atomic E-state index is 5.93. The van der Waals surface area contributed by atoms with Crippen molar-refractivity contribution in [3.63, 3.8) is 0 Å². The molecule has 0 spiro atoms. The van der Waals surface area contributed by atoms with Crippen molar-refractivity contribution in [1.82, 2.24) is 10.2 Å². The zero-order chi connectivity index (χ0) is 15.1. The highest BCUT2D eigenvalue weighted by Gasteiger charge is 2.24. The molecule has 1 aromatic rings. The van der Waals surface area contributed by atoms with Crippen molar-refractivity contribution >= 4 is 0 Å². The van der Waals surface area contributed by atoms with Gasteiger partial charge in [0, 0.05) is 31.7 Å². The average Bonchev–Trinajstić information content (AvgIpc) is 2.49. The summed E-state index contributed by atoms with van der Waals surface area (Å²) in [5.74, 6) is 1.68. The van der Waals surface area contributed by atoms with Gasteiger partial charge in [0.25, 0.3) is 0 Å². The van der Waals surface area contributed by atoms with Gasteiger partial charge in [-0.3, -0.25) is 4.90 Å². The van der Waals surface area contributed by atoms with Crippen molar-refractivity contribution in [3.8, 4) is 11.5 Å². The van der Waals surface area contributed by atoms with Crippen molar-refractivity contribution in [2.24, 2.45) is 0 Å². The molecular weight excluding hydrogens is 264 g/mol. The molecule has 0 aliphatic carbocycles. The molecule has 1 aliphatic heterocycles. The Hall–Kier alpha value is -1.26. The van der Waals surface area contributed by atoms with E-state index in [0.29, 0.717) is 25.3 Å². The minimum Gasteiger partial charge on any atom is -0.490 e. The fourth-order valence-corrected chi connectivity index (χ4v) is 2.83. The third-order valence-electron chi connectivity index (χ3n) is 3.98. The Morgan fingerprint density at radius 2 is 1.90 bits per heavy atom. The Bertz CT molecular complexity index is 425. The summed E-state index contributed by atoms with van der Waals surface area (Å²) < 4.78 is 11.5. The molecule has 0 aromatic heterocycles. The van der Waals surface area contributed by atoms with E-state index in [1.807, 2.05) is 31.2 Å². The molecule has 1 aliphatic rings. The van der Waals surface area contributed by atoms with Crippen LogP contribution in [-0.4, -0.2) is 49.8 Å². The number of nitrogens with one attached hydrogen (secondary N) is 1. The van der Waals surface area contributed by atoms with E-state index < -0.39 is 0 Å². The van der Waals surface area contributed by atoms with Crippen LogP contribution in [0.4, 0.5) is 0 Å². The van der Waals surface area contributed by atoms with Gasteiger partial charge in [-0.05, 0) is 32.4 Å². The van der Waals surface area contributed by atoms with Gasteiger partial charge in [-0.2, -0.15) is 0 Å². The molecule has 1 N–H and O–H groups in total. The maximum atomic E-state index is 5.93. The van der Waals surface area contributed by atoms with Crippen molar-refractivity contribution in [3.05, 3.63) is 24.3 Å². The van der Waals surface area contributed by atoms with Gasteiger partial charge in [0.1, 0.15) is 6.61 Å². The lowest BCUT2D eigenvalue weighted by atomic mass is 10.1. The van der Waals surface area contributed by atoms with E-state index in [-0.39, 0.29) is 0 Å². The molecule has 118 valence electrons. The van der Waals surface area contributed by atoms with E-state index in [2.05, 4.69) is 24.1 Å². The van der Waals surface area contributed by atoms with Gasteiger partial charge in [0.05, 0.1) is 6.61 Å². The first-order chi connectivity index (χ1) is 10.2. The number of ether oxygens (including phenoxy) is 2. The molecule has 4 heteroatoms. The summed E-state index contributed by atoms with van der Waals surface area (Å²) in [5.41, 5.74) is 0. The van der Waals surface area contributed by atoms with E-state index in [0.717, 1.165) is 31.1 Å². The predicted molar refractivity (Wildman–Crippen MR) is 86.2 cm³/mol. The molecule has 0 radical (unpaired) electrons. The van der Waals surface area contributed by atoms with Gasteiger partial charge in [-0.25, -0.2) is 0 Å². The Kier molecular flexibility index (Phi) is 6.33. The van der Waals surface area contributed by atoms with Crippen LogP contribution < -0.4 is 14.8 Å². The number of benzene rings is 1. The largest absolute Gasteiger partial charge is 0.490 e. The van der Waals surface area contributed by atoms with Crippen LogP contribution in [0.25, 0.3) is 0 Å². The molecule has 0 bridgehead atoms. The average molecular weight is 292 g/mol. The molecule has 2 unspecified atom stereocenters. The van der Waals surface area contributed by atoms with Crippen molar-refractivity contribution in [2.75, 3.05) is 32.8 Å². The fraction of sp³-hybridized carbons (Fsp3) is 0.647. The highest BCUT2D eigenvalue weighted by molar-refractivity contribution is 5.39. The summed E-state index contributed by atoms with van der Waals surface area (Å²) in [6.45, 7) is 11.0. The lowest BCUT2D eigenvalue weighted by molar-refractivity contribution is 0.109. The van der Waals surface area contributed by atoms with Crippen LogP contribution in [0.15, 0.2) is 24.3 Å². The monoisotopic (exact) mass is 292 g/mol. The molecule has 21 heavy (non-hydrogen) atoms. The zero-order valence-corrected chi connectivity index (χ0v) is 13.5. The van der Waals surface area contributed by atoms with Gasteiger partial charge < -0.3 is 14.8 Å².